The van der Waals surface area contributed by atoms with Gasteiger partial charge in [0.1, 0.15) is 11.8 Å². The maximum Gasteiger partial charge on any atom is 0.211 e. The molecule has 0 atom stereocenters. The number of nitrogens with zero attached hydrogens (tertiary/aromatic N) is 3. The summed E-state index contributed by atoms with van der Waals surface area (Å²) in [5, 5.41) is 11.0. The number of hydrogen-bond acceptors (Lipinski definition) is 5. The van der Waals surface area contributed by atoms with Crippen LogP contribution in [0.4, 0.5) is 0 Å². The number of sulfonamides is 1. The minimum absolute atomic E-state index is 0.332. The highest BCUT2D eigenvalue weighted by atomic mass is 35.5. The molecule has 4 rings (SSSR count). The van der Waals surface area contributed by atoms with Crippen LogP contribution in [0.5, 0.6) is 11.5 Å². The smallest absolute Gasteiger partial charge is 0.211 e. The lowest BCUT2D eigenvalue weighted by molar-refractivity contribution is 0.186. The normalized spacial score (nSPS) is 15.4. The van der Waals surface area contributed by atoms with E-state index < -0.39 is 10.0 Å². The molecule has 1 fully saturated rings. The molecule has 0 unspecified atom stereocenters. The van der Waals surface area contributed by atoms with Crippen molar-refractivity contribution < 1.29 is 17.9 Å². The monoisotopic (exact) mass is 501 g/mol. The molecule has 1 aliphatic heterocycles. The van der Waals surface area contributed by atoms with Gasteiger partial charge in [-0.2, -0.15) is 5.26 Å². The van der Waals surface area contributed by atoms with Gasteiger partial charge < -0.3 is 14.0 Å². The summed E-state index contributed by atoms with van der Waals surface area (Å²) >= 11 is 6.45. The molecule has 2 heterocycles. The summed E-state index contributed by atoms with van der Waals surface area (Å²) in [6.45, 7) is 4.15. The molecule has 34 heavy (non-hydrogen) atoms. The number of aromatic nitrogens is 1. The molecule has 7 nitrogen and oxygen atoms in total. The van der Waals surface area contributed by atoms with Crippen molar-refractivity contribution in [3.8, 4) is 23.3 Å². The molecule has 0 amide bonds. The molecule has 9 heteroatoms. The predicted molar refractivity (Wildman–Crippen MR) is 133 cm³/mol. The van der Waals surface area contributed by atoms with Crippen LogP contribution in [0.25, 0.3) is 16.6 Å². The Morgan fingerprint density at radius 3 is 2.59 bits per heavy atom. The Bertz CT molecular complexity index is 1320. The third-order valence-corrected chi connectivity index (χ3v) is 7.65. The Labute approximate surface area is 205 Å². The predicted octanol–water partition coefficient (Wildman–Crippen LogP) is 4.99. The van der Waals surface area contributed by atoms with Crippen LogP contribution >= 0.6 is 11.6 Å². The van der Waals surface area contributed by atoms with Gasteiger partial charge in [-0.3, -0.25) is 0 Å². The quantitative estimate of drug-likeness (QED) is 0.434. The molecule has 1 aliphatic rings. The van der Waals surface area contributed by atoms with Gasteiger partial charge in [0.2, 0.25) is 10.0 Å². The number of rotatable bonds is 8. The second kappa shape index (κ2) is 10.3. The summed E-state index contributed by atoms with van der Waals surface area (Å²) in [4.78, 5) is 0. The van der Waals surface area contributed by atoms with Crippen molar-refractivity contribution >= 4 is 32.5 Å². The van der Waals surface area contributed by atoms with Crippen LogP contribution in [-0.2, 0) is 10.0 Å². The number of benzene rings is 2. The van der Waals surface area contributed by atoms with E-state index in [9.17, 15) is 13.7 Å². The highest BCUT2D eigenvalue weighted by molar-refractivity contribution is 7.88. The average Bonchev–Trinajstić information content (AvgIpc) is 3.24. The van der Waals surface area contributed by atoms with Crippen molar-refractivity contribution in [1.82, 2.24) is 8.87 Å². The van der Waals surface area contributed by atoms with Crippen LogP contribution < -0.4 is 9.47 Å². The zero-order valence-electron chi connectivity index (χ0n) is 19.3. The molecule has 2 aromatic carbocycles. The van der Waals surface area contributed by atoms with Crippen molar-refractivity contribution in [3.63, 3.8) is 0 Å². The van der Waals surface area contributed by atoms with E-state index in [-0.39, 0.29) is 0 Å². The van der Waals surface area contributed by atoms with E-state index in [1.807, 2.05) is 42.0 Å². The minimum Gasteiger partial charge on any atom is -0.493 e. The van der Waals surface area contributed by atoms with Gasteiger partial charge in [0.05, 0.1) is 35.6 Å². The van der Waals surface area contributed by atoms with Gasteiger partial charge in [0.15, 0.2) is 5.75 Å². The van der Waals surface area contributed by atoms with E-state index in [1.165, 1.54) is 10.6 Å². The summed E-state index contributed by atoms with van der Waals surface area (Å²) in [5.41, 5.74) is 2.15. The molecule has 0 N–H and O–H groups in total. The molecule has 0 bridgehead atoms. The number of nitriles is 1. The van der Waals surface area contributed by atoms with Crippen molar-refractivity contribution in [1.29, 1.82) is 5.26 Å². The van der Waals surface area contributed by atoms with E-state index in [4.69, 9.17) is 21.1 Å². The number of halogens is 1. The molecule has 3 aromatic rings. The van der Waals surface area contributed by atoms with E-state index in [0.717, 1.165) is 41.6 Å². The Balaban J connectivity index is 1.48. The van der Waals surface area contributed by atoms with Gasteiger partial charge in [-0.25, -0.2) is 12.7 Å². The lowest BCUT2D eigenvalue weighted by Crippen LogP contribution is -2.39. The average molecular weight is 502 g/mol. The second-order valence-corrected chi connectivity index (χ2v) is 11.0. The molecular formula is C25H28ClN3O4S. The highest BCUT2D eigenvalue weighted by Crippen LogP contribution is 2.34. The SMILES string of the molecule is CCCOc1c(Cl)cc(-n2ccc3cc(OCC4CCN(S(C)(=O)=O)CC4)ccc32)cc1C#N. The largest absolute Gasteiger partial charge is 0.493 e. The number of hydrogen-bond donors (Lipinski definition) is 0. The topological polar surface area (TPSA) is 84.6 Å². The van der Waals surface area contributed by atoms with E-state index in [2.05, 4.69) is 6.07 Å². The summed E-state index contributed by atoms with van der Waals surface area (Å²) in [5.74, 6) is 1.53. The maximum absolute atomic E-state index is 11.7. The Kier molecular flexibility index (Phi) is 7.36. The summed E-state index contributed by atoms with van der Waals surface area (Å²) in [6, 6.07) is 13.7. The highest BCUT2D eigenvalue weighted by Gasteiger charge is 2.25. The molecule has 0 saturated carbocycles. The fourth-order valence-electron chi connectivity index (χ4n) is 4.21. The van der Waals surface area contributed by atoms with E-state index >= 15 is 0 Å². The fourth-order valence-corrected chi connectivity index (χ4v) is 5.35. The first-order chi connectivity index (χ1) is 16.3. The molecule has 0 spiro atoms. The summed E-state index contributed by atoms with van der Waals surface area (Å²) in [7, 11) is -3.12. The van der Waals surface area contributed by atoms with Gasteiger partial charge in [-0.1, -0.05) is 18.5 Å². The number of fused-ring (bicyclic) bond motifs is 1. The Morgan fingerprint density at radius 1 is 1.15 bits per heavy atom. The van der Waals surface area contributed by atoms with Gasteiger partial charge in [0.25, 0.3) is 0 Å². The summed E-state index contributed by atoms with van der Waals surface area (Å²) < 4.78 is 38.6. The molecular weight excluding hydrogens is 474 g/mol. The maximum atomic E-state index is 11.7. The third-order valence-electron chi connectivity index (χ3n) is 6.07. The van der Waals surface area contributed by atoms with Gasteiger partial charge in [0, 0.05) is 30.4 Å². The van der Waals surface area contributed by atoms with Crippen LogP contribution in [0, 0.1) is 17.2 Å². The summed E-state index contributed by atoms with van der Waals surface area (Å²) in [6.07, 6.45) is 5.62. The standard InChI is InChI=1S/C25H28ClN3O4S/c1-3-12-32-25-20(16-27)13-21(15-23(25)26)29-11-8-19-14-22(4-5-24(19)29)33-17-18-6-9-28(10-7-18)34(2,30)31/h4-5,8,11,13-15,18H,3,6-7,9-10,12,17H2,1-2H3. The first-order valence-corrected chi connectivity index (χ1v) is 13.6. The number of ether oxygens (including phenoxy) is 2. The van der Waals surface area contributed by atoms with Crippen LogP contribution in [0.3, 0.4) is 0 Å². The lowest BCUT2D eigenvalue weighted by atomic mass is 9.99. The molecule has 1 saturated heterocycles. The van der Waals surface area contributed by atoms with Crippen molar-refractivity contribution in [2.75, 3.05) is 32.6 Å². The molecule has 1 aromatic heterocycles. The van der Waals surface area contributed by atoms with Crippen molar-refractivity contribution in [2.24, 2.45) is 5.92 Å². The minimum atomic E-state index is -3.12. The van der Waals surface area contributed by atoms with Crippen LogP contribution in [0.15, 0.2) is 42.6 Å². The zero-order valence-corrected chi connectivity index (χ0v) is 20.9. The van der Waals surface area contributed by atoms with Crippen molar-refractivity contribution in [2.45, 2.75) is 26.2 Å². The first kappa shape index (κ1) is 24.4. The fraction of sp³-hybridized carbons (Fsp3) is 0.400. The van der Waals surface area contributed by atoms with Gasteiger partial charge in [-0.05, 0) is 61.6 Å². The van der Waals surface area contributed by atoms with E-state index in [1.54, 1.807) is 12.1 Å². The van der Waals surface area contributed by atoms with Crippen LogP contribution in [0.1, 0.15) is 31.7 Å². The van der Waals surface area contributed by atoms with Crippen LogP contribution in [0.2, 0.25) is 5.02 Å². The van der Waals surface area contributed by atoms with Gasteiger partial charge in [-0.15, -0.1) is 0 Å². The lowest BCUT2D eigenvalue weighted by Gasteiger charge is -2.30. The molecule has 180 valence electrons. The first-order valence-electron chi connectivity index (χ1n) is 11.4. The van der Waals surface area contributed by atoms with Crippen LogP contribution in [-0.4, -0.2) is 49.8 Å². The second-order valence-electron chi connectivity index (χ2n) is 8.59. The Morgan fingerprint density at radius 2 is 1.91 bits per heavy atom. The van der Waals surface area contributed by atoms with Crippen molar-refractivity contribution in [3.05, 3.63) is 53.2 Å². The zero-order chi connectivity index (χ0) is 24.3. The van der Waals surface area contributed by atoms with E-state index in [0.29, 0.717) is 48.6 Å². The molecule has 0 aliphatic carbocycles. The molecule has 0 radical (unpaired) electrons. The van der Waals surface area contributed by atoms with Gasteiger partial charge >= 0.3 is 0 Å². The third kappa shape index (κ3) is 5.33. The Hall–Kier alpha value is -2.73. The number of piperidine rings is 1.